The van der Waals surface area contributed by atoms with Crippen molar-refractivity contribution in [1.29, 1.82) is 0 Å². The first-order valence-electron chi connectivity index (χ1n) is 6.03. The Balaban J connectivity index is 2.40. The van der Waals surface area contributed by atoms with Crippen molar-refractivity contribution in [2.45, 2.75) is 26.7 Å². The third kappa shape index (κ3) is 2.38. The number of ketones is 1. The minimum atomic E-state index is 0.267. The summed E-state index contributed by atoms with van der Waals surface area (Å²) in [7, 11) is 0. The lowest BCUT2D eigenvalue weighted by Gasteiger charge is -2.25. The highest BCUT2D eigenvalue weighted by Gasteiger charge is 2.25. The second-order valence-electron chi connectivity index (χ2n) is 4.84. The Bertz CT molecular complexity index is 480. The molecule has 1 aromatic carbocycles. The lowest BCUT2D eigenvalue weighted by Crippen LogP contribution is -2.18. The average molecular weight is 226 g/mol. The molecule has 1 nitrogen and oxygen atoms in total. The quantitative estimate of drug-likeness (QED) is 0.696. The molecule has 1 atom stereocenters. The topological polar surface area (TPSA) is 17.1 Å². The van der Waals surface area contributed by atoms with Crippen molar-refractivity contribution in [3.63, 3.8) is 0 Å². The first-order chi connectivity index (χ1) is 8.09. The highest BCUT2D eigenvalue weighted by molar-refractivity contribution is 6.04. The van der Waals surface area contributed by atoms with Crippen LogP contribution < -0.4 is 0 Å². The van der Waals surface area contributed by atoms with Gasteiger partial charge in [0.15, 0.2) is 5.78 Å². The van der Waals surface area contributed by atoms with Crippen molar-refractivity contribution in [2.24, 2.45) is 5.92 Å². The molecule has 0 fully saturated rings. The number of Topliss-reactive ketones (excluding diaryl/α,β-unsaturated/α-hetero) is 1. The highest BCUT2D eigenvalue weighted by atomic mass is 16.1. The van der Waals surface area contributed by atoms with E-state index in [0.29, 0.717) is 12.3 Å². The first kappa shape index (κ1) is 11.8. The molecule has 0 bridgehead atoms. The van der Waals surface area contributed by atoms with E-state index in [1.54, 1.807) is 0 Å². The van der Waals surface area contributed by atoms with E-state index in [1.807, 2.05) is 32.0 Å². The number of rotatable bonds is 2. The van der Waals surface area contributed by atoms with Crippen molar-refractivity contribution in [3.05, 3.63) is 53.6 Å². The van der Waals surface area contributed by atoms with E-state index < -0.39 is 0 Å². The van der Waals surface area contributed by atoms with Crippen LogP contribution in [-0.4, -0.2) is 5.78 Å². The lowest BCUT2D eigenvalue weighted by atomic mass is 9.78. The van der Waals surface area contributed by atoms with Crippen LogP contribution >= 0.6 is 0 Å². The van der Waals surface area contributed by atoms with Crippen LogP contribution in [-0.2, 0) is 4.79 Å². The Kier molecular flexibility index (Phi) is 3.28. The fourth-order valence-corrected chi connectivity index (χ4v) is 2.34. The molecule has 1 unspecified atom stereocenters. The van der Waals surface area contributed by atoms with Gasteiger partial charge in [-0.25, -0.2) is 0 Å². The van der Waals surface area contributed by atoms with Crippen molar-refractivity contribution >= 4 is 11.4 Å². The maximum atomic E-state index is 12.0. The average Bonchev–Trinajstić information content (AvgIpc) is 2.33. The number of carbonyl (C=O) groups excluding carboxylic acids is 1. The monoisotopic (exact) mass is 226 g/mol. The molecule has 1 aromatic rings. The van der Waals surface area contributed by atoms with Gasteiger partial charge >= 0.3 is 0 Å². The van der Waals surface area contributed by atoms with Gasteiger partial charge in [0, 0.05) is 6.42 Å². The van der Waals surface area contributed by atoms with Crippen LogP contribution in [0.3, 0.4) is 0 Å². The predicted molar refractivity (Wildman–Crippen MR) is 71.6 cm³/mol. The Morgan fingerprint density at radius 1 is 1.24 bits per heavy atom. The molecular weight excluding hydrogens is 208 g/mol. The highest BCUT2D eigenvalue weighted by Crippen LogP contribution is 2.36. The smallest absolute Gasteiger partial charge is 0.159 e. The molecule has 0 radical (unpaired) electrons. The largest absolute Gasteiger partial charge is 0.295 e. The maximum Gasteiger partial charge on any atom is 0.159 e. The van der Waals surface area contributed by atoms with Crippen LogP contribution in [0, 0.1) is 5.92 Å². The summed E-state index contributed by atoms with van der Waals surface area (Å²) in [6.45, 7) is 7.95. The van der Waals surface area contributed by atoms with Crippen LogP contribution in [0.5, 0.6) is 0 Å². The second-order valence-corrected chi connectivity index (χ2v) is 4.84. The Morgan fingerprint density at radius 2 is 1.88 bits per heavy atom. The van der Waals surface area contributed by atoms with E-state index in [4.69, 9.17) is 0 Å². The van der Waals surface area contributed by atoms with Gasteiger partial charge < -0.3 is 0 Å². The van der Waals surface area contributed by atoms with E-state index in [-0.39, 0.29) is 5.78 Å². The summed E-state index contributed by atoms with van der Waals surface area (Å²) >= 11 is 0. The van der Waals surface area contributed by atoms with Gasteiger partial charge in [-0.3, -0.25) is 4.79 Å². The van der Waals surface area contributed by atoms with Crippen molar-refractivity contribution in [2.75, 3.05) is 0 Å². The summed E-state index contributed by atoms with van der Waals surface area (Å²) in [5, 5.41) is 0. The van der Waals surface area contributed by atoms with Crippen LogP contribution in [0.4, 0.5) is 0 Å². The predicted octanol–water partition coefficient (Wildman–Crippen LogP) is 4.02. The second kappa shape index (κ2) is 4.70. The summed E-state index contributed by atoms with van der Waals surface area (Å²) in [5.41, 5.74) is 4.40. The van der Waals surface area contributed by atoms with Gasteiger partial charge in [0.2, 0.25) is 0 Å². The fraction of sp³-hybridized carbons (Fsp3) is 0.312. The van der Waals surface area contributed by atoms with E-state index in [9.17, 15) is 4.79 Å². The summed E-state index contributed by atoms with van der Waals surface area (Å²) in [6.07, 6.45) is 1.56. The number of hydrogen-bond donors (Lipinski definition) is 0. The van der Waals surface area contributed by atoms with Crippen molar-refractivity contribution in [1.82, 2.24) is 0 Å². The number of allylic oxidation sites excluding steroid dienone is 3. The van der Waals surface area contributed by atoms with E-state index >= 15 is 0 Å². The van der Waals surface area contributed by atoms with Gasteiger partial charge in [0.05, 0.1) is 0 Å². The zero-order chi connectivity index (χ0) is 12.4. The molecule has 0 aromatic heterocycles. The van der Waals surface area contributed by atoms with Gasteiger partial charge in [-0.15, -0.1) is 0 Å². The molecule has 0 saturated heterocycles. The van der Waals surface area contributed by atoms with Crippen molar-refractivity contribution < 1.29 is 4.79 Å². The van der Waals surface area contributed by atoms with Crippen LogP contribution in [0.15, 0.2) is 48.1 Å². The van der Waals surface area contributed by atoms with Gasteiger partial charge in [0.25, 0.3) is 0 Å². The Labute approximate surface area is 103 Å². The molecule has 1 heteroatoms. The van der Waals surface area contributed by atoms with Crippen LogP contribution in [0.25, 0.3) is 5.57 Å². The number of hydrogen-bond acceptors (Lipinski definition) is 1. The molecule has 1 aliphatic carbocycles. The minimum Gasteiger partial charge on any atom is -0.295 e. The van der Waals surface area contributed by atoms with Gasteiger partial charge in [-0.1, -0.05) is 42.5 Å². The summed E-state index contributed by atoms with van der Waals surface area (Å²) in [6, 6.07) is 10.2. The zero-order valence-corrected chi connectivity index (χ0v) is 10.5. The standard InChI is InChI=1S/C16H18O/c1-11(2)14-9-15(12(3)16(17)10-14)13-7-5-4-6-8-13/h4-8,14H,1,9-10H2,2-3H3. The third-order valence-electron chi connectivity index (χ3n) is 3.57. The molecule has 17 heavy (non-hydrogen) atoms. The molecule has 0 heterocycles. The minimum absolute atomic E-state index is 0.267. The fourth-order valence-electron chi connectivity index (χ4n) is 2.34. The molecule has 88 valence electrons. The molecule has 1 aliphatic rings. The van der Waals surface area contributed by atoms with Crippen LogP contribution in [0.2, 0.25) is 0 Å². The molecule has 0 saturated carbocycles. The first-order valence-corrected chi connectivity index (χ1v) is 6.03. The molecule has 0 spiro atoms. The maximum absolute atomic E-state index is 12.0. The molecule has 0 N–H and O–H groups in total. The number of carbonyl (C=O) groups is 1. The molecule has 0 amide bonds. The normalized spacial score (nSPS) is 20.6. The summed E-state index contributed by atoms with van der Waals surface area (Å²) in [4.78, 5) is 12.0. The number of benzene rings is 1. The van der Waals surface area contributed by atoms with Gasteiger partial charge in [-0.2, -0.15) is 0 Å². The van der Waals surface area contributed by atoms with Gasteiger partial charge in [-0.05, 0) is 42.9 Å². The van der Waals surface area contributed by atoms with E-state index in [0.717, 1.165) is 17.6 Å². The Morgan fingerprint density at radius 3 is 2.47 bits per heavy atom. The van der Waals surface area contributed by atoms with Crippen LogP contribution in [0.1, 0.15) is 32.3 Å². The molecule has 0 aliphatic heterocycles. The SMILES string of the molecule is C=C(C)C1CC(=O)C(C)=C(c2ccccc2)C1. The Hall–Kier alpha value is -1.63. The van der Waals surface area contributed by atoms with E-state index in [2.05, 4.69) is 18.7 Å². The summed E-state index contributed by atoms with van der Waals surface area (Å²) < 4.78 is 0. The third-order valence-corrected chi connectivity index (χ3v) is 3.57. The zero-order valence-electron chi connectivity index (χ0n) is 10.5. The molecular formula is C16H18O. The lowest BCUT2D eigenvalue weighted by molar-refractivity contribution is -0.116. The van der Waals surface area contributed by atoms with Gasteiger partial charge in [0.1, 0.15) is 0 Å². The summed E-state index contributed by atoms with van der Waals surface area (Å²) in [5.74, 6) is 0.574. The van der Waals surface area contributed by atoms with E-state index in [1.165, 1.54) is 11.1 Å². The molecule has 2 rings (SSSR count). The van der Waals surface area contributed by atoms with Crippen molar-refractivity contribution in [3.8, 4) is 0 Å².